The molecule has 2 N–H and O–H groups in total. The summed E-state index contributed by atoms with van der Waals surface area (Å²) in [7, 11) is 0. The maximum absolute atomic E-state index is 10.2. The first-order valence-corrected chi connectivity index (χ1v) is 6.43. The van der Waals surface area contributed by atoms with Gasteiger partial charge in [-0.2, -0.15) is 0 Å². The van der Waals surface area contributed by atoms with Crippen LogP contribution in [-0.2, 0) is 4.74 Å². The third kappa shape index (κ3) is 3.45. The van der Waals surface area contributed by atoms with Crippen molar-refractivity contribution in [3.63, 3.8) is 0 Å². The lowest BCUT2D eigenvalue weighted by atomic mass is 9.97. The molecule has 2 rings (SSSR count). The summed E-state index contributed by atoms with van der Waals surface area (Å²) in [6, 6.07) is 9.72. The smallest absolute Gasteiger partial charge is 0.119 e. The van der Waals surface area contributed by atoms with E-state index < -0.39 is 5.60 Å². The lowest BCUT2D eigenvalue weighted by molar-refractivity contribution is -0.0263. The second-order valence-electron chi connectivity index (χ2n) is 4.70. The molecule has 0 spiro atoms. The second-order valence-corrected chi connectivity index (χ2v) is 4.70. The van der Waals surface area contributed by atoms with Gasteiger partial charge in [0.05, 0.1) is 6.10 Å². The van der Waals surface area contributed by atoms with Crippen molar-refractivity contribution in [3.8, 4) is 5.75 Å². The van der Waals surface area contributed by atoms with Crippen LogP contribution in [0.5, 0.6) is 5.75 Å². The first kappa shape index (κ1) is 13.3. The third-order valence-corrected chi connectivity index (χ3v) is 3.38. The van der Waals surface area contributed by atoms with Crippen LogP contribution >= 0.6 is 0 Å². The molecule has 1 aliphatic heterocycles. The van der Waals surface area contributed by atoms with Crippen LogP contribution in [0, 0.1) is 0 Å². The SMILES string of the molecule is CC1OCCC1(O)CNCCOc1ccccc1. The molecule has 1 aromatic carbocycles. The first-order valence-electron chi connectivity index (χ1n) is 6.43. The van der Waals surface area contributed by atoms with Crippen molar-refractivity contribution in [3.05, 3.63) is 30.3 Å². The number of hydrogen-bond donors (Lipinski definition) is 2. The van der Waals surface area contributed by atoms with Crippen molar-refractivity contribution in [2.45, 2.75) is 25.0 Å². The molecule has 1 aromatic rings. The predicted octanol–water partition coefficient (Wildman–Crippen LogP) is 1.19. The highest BCUT2D eigenvalue weighted by Crippen LogP contribution is 2.24. The van der Waals surface area contributed by atoms with E-state index in [-0.39, 0.29) is 6.10 Å². The van der Waals surface area contributed by atoms with Gasteiger partial charge < -0.3 is 19.9 Å². The van der Waals surface area contributed by atoms with E-state index in [1.54, 1.807) is 0 Å². The minimum absolute atomic E-state index is 0.0972. The lowest BCUT2D eigenvalue weighted by Gasteiger charge is -2.26. The standard InChI is InChI=1S/C14H21NO3/c1-12-14(16,7-9-17-12)11-15-8-10-18-13-5-3-2-4-6-13/h2-6,12,15-16H,7-11H2,1H3. The zero-order valence-corrected chi connectivity index (χ0v) is 10.8. The van der Waals surface area contributed by atoms with Gasteiger partial charge in [-0.25, -0.2) is 0 Å². The monoisotopic (exact) mass is 251 g/mol. The molecule has 4 heteroatoms. The van der Waals surface area contributed by atoms with Gasteiger partial charge in [-0.05, 0) is 19.1 Å². The third-order valence-electron chi connectivity index (χ3n) is 3.38. The lowest BCUT2D eigenvalue weighted by Crippen LogP contribution is -2.46. The van der Waals surface area contributed by atoms with E-state index >= 15 is 0 Å². The van der Waals surface area contributed by atoms with Gasteiger partial charge in [0.25, 0.3) is 0 Å². The summed E-state index contributed by atoms with van der Waals surface area (Å²) < 4.78 is 10.9. The molecule has 100 valence electrons. The first-order chi connectivity index (χ1) is 8.71. The zero-order valence-electron chi connectivity index (χ0n) is 10.8. The molecule has 18 heavy (non-hydrogen) atoms. The van der Waals surface area contributed by atoms with E-state index in [9.17, 15) is 5.11 Å². The molecule has 0 aromatic heterocycles. The van der Waals surface area contributed by atoms with Gasteiger partial charge in [0.1, 0.15) is 18.0 Å². The van der Waals surface area contributed by atoms with Crippen molar-refractivity contribution < 1.29 is 14.6 Å². The summed E-state index contributed by atoms with van der Waals surface area (Å²) in [6.45, 7) is 4.40. The Kier molecular flexibility index (Phi) is 4.58. The summed E-state index contributed by atoms with van der Waals surface area (Å²) >= 11 is 0. The molecule has 0 amide bonds. The Bertz CT molecular complexity index is 357. The number of aliphatic hydroxyl groups is 1. The summed E-state index contributed by atoms with van der Waals surface area (Å²) in [6.07, 6.45) is 0.598. The van der Waals surface area contributed by atoms with E-state index in [4.69, 9.17) is 9.47 Å². The van der Waals surface area contributed by atoms with Crippen LogP contribution in [0.25, 0.3) is 0 Å². The minimum Gasteiger partial charge on any atom is -0.492 e. The molecular weight excluding hydrogens is 230 g/mol. The largest absolute Gasteiger partial charge is 0.492 e. The molecule has 1 fully saturated rings. The molecule has 2 unspecified atom stereocenters. The molecule has 4 nitrogen and oxygen atoms in total. The van der Waals surface area contributed by atoms with Gasteiger partial charge in [0.15, 0.2) is 0 Å². The number of rotatable bonds is 6. The maximum atomic E-state index is 10.2. The Morgan fingerprint density at radius 3 is 2.89 bits per heavy atom. The van der Waals surface area contributed by atoms with Crippen LogP contribution in [0.1, 0.15) is 13.3 Å². The Hall–Kier alpha value is -1.10. The van der Waals surface area contributed by atoms with Gasteiger partial charge in [-0.3, -0.25) is 0 Å². The Balaban J connectivity index is 1.62. The Morgan fingerprint density at radius 2 is 2.22 bits per heavy atom. The van der Waals surface area contributed by atoms with Crippen LogP contribution < -0.4 is 10.1 Å². The van der Waals surface area contributed by atoms with Gasteiger partial charge >= 0.3 is 0 Å². The average molecular weight is 251 g/mol. The molecule has 2 atom stereocenters. The van der Waals surface area contributed by atoms with Gasteiger partial charge in [-0.1, -0.05) is 18.2 Å². The molecule has 1 saturated heterocycles. The van der Waals surface area contributed by atoms with Crippen molar-refractivity contribution in [1.82, 2.24) is 5.32 Å². The molecule has 0 radical (unpaired) electrons. The minimum atomic E-state index is -0.729. The summed E-state index contributed by atoms with van der Waals surface area (Å²) in [5.41, 5.74) is -0.729. The van der Waals surface area contributed by atoms with Crippen LogP contribution in [0.3, 0.4) is 0 Å². The van der Waals surface area contributed by atoms with Crippen molar-refractivity contribution in [1.29, 1.82) is 0 Å². The fourth-order valence-electron chi connectivity index (χ4n) is 2.07. The zero-order chi connectivity index (χ0) is 12.8. The van der Waals surface area contributed by atoms with Crippen LogP contribution in [0.2, 0.25) is 0 Å². The molecule has 0 aliphatic carbocycles. The van der Waals surface area contributed by atoms with Crippen LogP contribution in [0.4, 0.5) is 0 Å². The van der Waals surface area contributed by atoms with Crippen molar-refractivity contribution in [2.75, 3.05) is 26.3 Å². The molecule has 0 saturated carbocycles. The maximum Gasteiger partial charge on any atom is 0.119 e. The van der Waals surface area contributed by atoms with Crippen molar-refractivity contribution in [2.24, 2.45) is 0 Å². The number of ether oxygens (including phenoxy) is 2. The Labute approximate surface area is 108 Å². The summed E-state index contributed by atoms with van der Waals surface area (Å²) in [5.74, 6) is 0.871. The number of hydrogen-bond acceptors (Lipinski definition) is 4. The molecule has 1 aliphatic rings. The van der Waals surface area contributed by atoms with Gasteiger partial charge in [0.2, 0.25) is 0 Å². The average Bonchev–Trinajstić information content (AvgIpc) is 2.71. The van der Waals surface area contributed by atoms with E-state index in [0.717, 1.165) is 5.75 Å². The van der Waals surface area contributed by atoms with Crippen LogP contribution in [0.15, 0.2) is 30.3 Å². The number of para-hydroxylation sites is 1. The molecule has 0 bridgehead atoms. The molecular formula is C14H21NO3. The predicted molar refractivity (Wildman–Crippen MR) is 69.8 cm³/mol. The second kappa shape index (κ2) is 6.18. The fraction of sp³-hybridized carbons (Fsp3) is 0.571. The van der Waals surface area contributed by atoms with E-state index in [1.165, 1.54) is 0 Å². The summed E-state index contributed by atoms with van der Waals surface area (Å²) in [4.78, 5) is 0. The van der Waals surface area contributed by atoms with E-state index in [2.05, 4.69) is 5.32 Å². The van der Waals surface area contributed by atoms with E-state index in [0.29, 0.717) is 32.7 Å². The number of nitrogens with one attached hydrogen (secondary N) is 1. The van der Waals surface area contributed by atoms with E-state index in [1.807, 2.05) is 37.3 Å². The summed E-state index contributed by atoms with van der Waals surface area (Å²) in [5, 5.41) is 13.5. The van der Waals surface area contributed by atoms with Gasteiger partial charge in [0, 0.05) is 26.1 Å². The quantitative estimate of drug-likeness (QED) is 0.746. The number of benzene rings is 1. The van der Waals surface area contributed by atoms with Crippen molar-refractivity contribution >= 4 is 0 Å². The van der Waals surface area contributed by atoms with Gasteiger partial charge in [-0.15, -0.1) is 0 Å². The molecule has 1 heterocycles. The topological polar surface area (TPSA) is 50.7 Å². The highest BCUT2D eigenvalue weighted by atomic mass is 16.5. The fourth-order valence-corrected chi connectivity index (χ4v) is 2.07. The van der Waals surface area contributed by atoms with Crippen LogP contribution in [-0.4, -0.2) is 43.1 Å². The highest BCUT2D eigenvalue weighted by molar-refractivity contribution is 5.20. The Morgan fingerprint density at radius 1 is 1.44 bits per heavy atom. The normalized spacial score (nSPS) is 27.3. The highest BCUT2D eigenvalue weighted by Gasteiger charge is 2.38.